The summed E-state index contributed by atoms with van der Waals surface area (Å²) in [5, 5.41) is 0. The van der Waals surface area contributed by atoms with Gasteiger partial charge in [-0.1, -0.05) is 34.6 Å². The molecule has 0 aromatic heterocycles. The summed E-state index contributed by atoms with van der Waals surface area (Å²) in [5.74, 6) is 1.50. The largest absolute Gasteiger partial charge is 0.328 e. The maximum Gasteiger partial charge on any atom is 0.00483 e. The van der Waals surface area contributed by atoms with Crippen molar-refractivity contribution in [1.82, 2.24) is 4.90 Å². The zero-order valence-corrected chi connectivity index (χ0v) is 11.3. The Morgan fingerprint density at radius 2 is 1.47 bits per heavy atom. The average molecular weight is 214 g/mol. The Morgan fingerprint density at radius 3 is 1.80 bits per heavy atom. The molecule has 0 rings (SSSR count). The maximum atomic E-state index is 5.96. The van der Waals surface area contributed by atoms with E-state index in [4.69, 9.17) is 5.73 Å². The SMILES string of the molecule is CCC(N)CCN(CC(C)C)CC(C)C. The lowest BCUT2D eigenvalue weighted by atomic mass is 10.1. The first-order valence-electron chi connectivity index (χ1n) is 6.43. The number of hydrogen-bond donors (Lipinski definition) is 1. The molecule has 0 bridgehead atoms. The molecule has 0 saturated heterocycles. The molecule has 0 aromatic carbocycles. The third kappa shape index (κ3) is 8.88. The second kappa shape index (κ2) is 8.12. The molecule has 1 atom stereocenters. The zero-order valence-electron chi connectivity index (χ0n) is 11.3. The number of nitrogens with zero attached hydrogens (tertiary/aromatic N) is 1. The van der Waals surface area contributed by atoms with Crippen molar-refractivity contribution in [2.45, 2.75) is 53.5 Å². The van der Waals surface area contributed by atoms with E-state index in [1.54, 1.807) is 0 Å². The van der Waals surface area contributed by atoms with Crippen LogP contribution in [0.2, 0.25) is 0 Å². The van der Waals surface area contributed by atoms with Gasteiger partial charge in [-0.05, 0) is 31.2 Å². The Balaban J connectivity index is 3.89. The predicted molar refractivity (Wildman–Crippen MR) is 69.0 cm³/mol. The second-order valence-corrected chi connectivity index (χ2v) is 5.50. The summed E-state index contributed by atoms with van der Waals surface area (Å²) >= 11 is 0. The van der Waals surface area contributed by atoms with Gasteiger partial charge < -0.3 is 10.6 Å². The van der Waals surface area contributed by atoms with Gasteiger partial charge in [-0.15, -0.1) is 0 Å². The van der Waals surface area contributed by atoms with E-state index in [1.165, 1.54) is 13.1 Å². The standard InChI is InChI=1S/C13H30N2/c1-6-13(14)7-8-15(9-11(2)3)10-12(4)5/h11-13H,6-10,14H2,1-5H3. The summed E-state index contributed by atoms with van der Waals surface area (Å²) in [6.45, 7) is 14.9. The van der Waals surface area contributed by atoms with Crippen LogP contribution in [0.4, 0.5) is 0 Å². The Kier molecular flexibility index (Phi) is 8.07. The third-order valence-electron chi connectivity index (χ3n) is 2.59. The first-order chi connectivity index (χ1) is 6.95. The third-order valence-corrected chi connectivity index (χ3v) is 2.59. The molecule has 92 valence electrons. The highest BCUT2D eigenvalue weighted by molar-refractivity contribution is 4.66. The van der Waals surface area contributed by atoms with E-state index in [-0.39, 0.29) is 0 Å². The molecular formula is C13H30N2. The minimum atomic E-state index is 0.381. The number of hydrogen-bond acceptors (Lipinski definition) is 2. The quantitative estimate of drug-likeness (QED) is 0.673. The van der Waals surface area contributed by atoms with Crippen LogP contribution in [0.15, 0.2) is 0 Å². The van der Waals surface area contributed by atoms with Crippen molar-refractivity contribution >= 4 is 0 Å². The van der Waals surface area contributed by atoms with Crippen LogP contribution in [0.1, 0.15) is 47.5 Å². The normalized spacial score (nSPS) is 14.2. The fourth-order valence-electron chi connectivity index (χ4n) is 1.84. The van der Waals surface area contributed by atoms with Gasteiger partial charge in [-0.2, -0.15) is 0 Å². The molecule has 2 heteroatoms. The molecule has 2 N–H and O–H groups in total. The van der Waals surface area contributed by atoms with Crippen molar-refractivity contribution in [2.24, 2.45) is 17.6 Å². The topological polar surface area (TPSA) is 29.3 Å². The molecule has 0 amide bonds. The predicted octanol–water partition coefficient (Wildman–Crippen LogP) is 2.73. The van der Waals surface area contributed by atoms with Crippen LogP contribution in [-0.2, 0) is 0 Å². The van der Waals surface area contributed by atoms with Crippen LogP contribution < -0.4 is 5.73 Å². The smallest absolute Gasteiger partial charge is 0.00483 e. The summed E-state index contributed by atoms with van der Waals surface area (Å²) < 4.78 is 0. The van der Waals surface area contributed by atoms with Gasteiger partial charge in [0.25, 0.3) is 0 Å². The van der Waals surface area contributed by atoms with E-state index < -0.39 is 0 Å². The van der Waals surface area contributed by atoms with Gasteiger partial charge >= 0.3 is 0 Å². The molecule has 0 saturated carbocycles. The summed E-state index contributed by atoms with van der Waals surface area (Å²) in [6.07, 6.45) is 2.23. The molecule has 1 unspecified atom stereocenters. The van der Waals surface area contributed by atoms with Crippen molar-refractivity contribution in [2.75, 3.05) is 19.6 Å². The van der Waals surface area contributed by atoms with Gasteiger partial charge in [0, 0.05) is 19.1 Å². The van der Waals surface area contributed by atoms with E-state index in [2.05, 4.69) is 39.5 Å². The number of rotatable bonds is 8. The lowest BCUT2D eigenvalue weighted by Gasteiger charge is -2.27. The fraction of sp³-hybridized carbons (Fsp3) is 1.00. The molecule has 0 aliphatic rings. The summed E-state index contributed by atoms with van der Waals surface area (Å²) in [7, 11) is 0. The van der Waals surface area contributed by atoms with E-state index >= 15 is 0 Å². The minimum Gasteiger partial charge on any atom is -0.328 e. The Bertz CT molecular complexity index is 133. The van der Waals surface area contributed by atoms with Gasteiger partial charge in [0.05, 0.1) is 0 Å². The molecule has 0 aromatic rings. The highest BCUT2D eigenvalue weighted by Crippen LogP contribution is 2.06. The first kappa shape index (κ1) is 14.9. The van der Waals surface area contributed by atoms with Crippen LogP contribution >= 0.6 is 0 Å². The van der Waals surface area contributed by atoms with Gasteiger partial charge in [-0.3, -0.25) is 0 Å². The maximum absolute atomic E-state index is 5.96. The highest BCUT2D eigenvalue weighted by atomic mass is 15.1. The summed E-state index contributed by atoms with van der Waals surface area (Å²) in [4.78, 5) is 2.56. The molecule has 0 fully saturated rings. The van der Waals surface area contributed by atoms with E-state index in [9.17, 15) is 0 Å². The van der Waals surface area contributed by atoms with Crippen LogP contribution in [-0.4, -0.2) is 30.6 Å². The lowest BCUT2D eigenvalue weighted by Crippen LogP contribution is -2.35. The molecule has 15 heavy (non-hydrogen) atoms. The first-order valence-corrected chi connectivity index (χ1v) is 6.43. The Labute approximate surface area is 96.2 Å². The van der Waals surface area contributed by atoms with E-state index in [1.807, 2.05) is 0 Å². The van der Waals surface area contributed by atoms with Crippen LogP contribution in [0.5, 0.6) is 0 Å². The Morgan fingerprint density at radius 1 is 1.00 bits per heavy atom. The van der Waals surface area contributed by atoms with Crippen molar-refractivity contribution in [3.8, 4) is 0 Å². The van der Waals surface area contributed by atoms with Gasteiger partial charge in [0.2, 0.25) is 0 Å². The molecular weight excluding hydrogens is 184 g/mol. The van der Waals surface area contributed by atoms with Crippen LogP contribution in [0.3, 0.4) is 0 Å². The molecule has 0 spiro atoms. The molecule has 0 heterocycles. The van der Waals surface area contributed by atoms with Crippen molar-refractivity contribution in [3.05, 3.63) is 0 Å². The van der Waals surface area contributed by atoms with Crippen LogP contribution in [0, 0.1) is 11.8 Å². The Hall–Kier alpha value is -0.0800. The van der Waals surface area contributed by atoms with Crippen molar-refractivity contribution in [3.63, 3.8) is 0 Å². The molecule has 0 aliphatic heterocycles. The zero-order chi connectivity index (χ0) is 11.8. The average Bonchev–Trinajstić information content (AvgIpc) is 2.11. The van der Waals surface area contributed by atoms with E-state index in [0.717, 1.165) is 31.2 Å². The second-order valence-electron chi connectivity index (χ2n) is 5.50. The lowest BCUT2D eigenvalue weighted by molar-refractivity contribution is 0.211. The molecule has 2 nitrogen and oxygen atoms in total. The fourth-order valence-corrected chi connectivity index (χ4v) is 1.84. The molecule has 0 aliphatic carbocycles. The van der Waals surface area contributed by atoms with Gasteiger partial charge in [-0.25, -0.2) is 0 Å². The van der Waals surface area contributed by atoms with Gasteiger partial charge in [0.15, 0.2) is 0 Å². The highest BCUT2D eigenvalue weighted by Gasteiger charge is 2.10. The monoisotopic (exact) mass is 214 g/mol. The van der Waals surface area contributed by atoms with Crippen LogP contribution in [0.25, 0.3) is 0 Å². The molecule has 0 radical (unpaired) electrons. The summed E-state index contributed by atoms with van der Waals surface area (Å²) in [6, 6.07) is 0.381. The minimum absolute atomic E-state index is 0.381. The summed E-state index contributed by atoms with van der Waals surface area (Å²) in [5.41, 5.74) is 5.96. The van der Waals surface area contributed by atoms with Gasteiger partial charge in [0.1, 0.15) is 0 Å². The van der Waals surface area contributed by atoms with Crippen molar-refractivity contribution < 1.29 is 0 Å². The van der Waals surface area contributed by atoms with Crippen molar-refractivity contribution in [1.29, 1.82) is 0 Å². The van der Waals surface area contributed by atoms with E-state index in [0.29, 0.717) is 6.04 Å². The number of nitrogens with two attached hydrogens (primary N) is 1.